The molecular weight excluding hydrogens is 310 g/mol. The summed E-state index contributed by atoms with van der Waals surface area (Å²) in [5.41, 5.74) is 5.44. The molecule has 0 fully saturated rings. The van der Waals surface area contributed by atoms with Crippen LogP contribution in [0.5, 0.6) is 5.75 Å². The zero-order valence-electron chi connectivity index (χ0n) is 13.2. The summed E-state index contributed by atoms with van der Waals surface area (Å²) >= 11 is 0. The highest BCUT2D eigenvalue weighted by atomic mass is 35.5. The molecule has 0 aliphatic carbocycles. The predicted molar refractivity (Wildman–Crippen MR) is 86.7 cm³/mol. The van der Waals surface area contributed by atoms with Crippen LogP contribution in [0.3, 0.4) is 0 Å². The number of amides is 1. The number of nitro groups is 1. The maximum Gasteiger partial charge on any atom is 0.270 e. The van der Waals surface area contributed by atoms with Gasteiger partial charge < -0.3 is 15.4 Å². The van der Waals surface area contributed by atoms with Crippen LogP contribution in [0.1, 0.15) is 24.2 Å². The average molecular weight is 332 g/mol. The van der Waals surface area contributed by atoms with Crippen molar-refractivity contribution in [1.29, 1.82) is 0 Å². The first kappa shape index (κ1) is 20.1. The van der Waals surface area contributed by atoms with Crippen LogP contribution in [-0.2, 0) is 0 Å². The number of nitrogens with zero attached hydrogens (tertiary/aromatic N) is 2. The van der Waals surface area contributed by atoms with Gasteiger partial charge in [-0.1, -0.05) is 13.8 Å². The number of hydrogen-bond donors (Lipinski definition) is 1. The average Bonchev–Trinajstić information content (AvgIpc) is 2.45. The first-order valence-electron chi connectivity index (χ1n) is 6.50. The van der Waals surface area contributed by atoms with Gasteiger partial charge in [-0.05, 0) is 18.0 Å². The van der Waals surface area contributed by atoms with Gasteiger partial charge in [-0.3, -0.25) is 14.9 Å². The maximum absolute atomic E-state index is 12.5. The second-order valence-corrected chi connectivity index (χ2v) is 5.67. The van der Waals surface area contributed by atoms with E-state index in [0.717, 1.165) is 0 Å². The molecular formula is C14H22ClN3O4. The SMILES string of the molecule is COc1ccc([N+](=O)[O-])cc1C(=O)N(C)CC(C)(C)CN.Cl. The number of benzene rings is 1. The monoisotopic (exact) mass is 331 g/mol. The first-order chi connectivity index (χ1) is 9.71. The molecule has 2 N–H and O–H groups in total. The van der Waals surface area contributed by atoms with Crippen LogP contribution in [0.15, 0.2) is 18.2 Å². The molecule has 0 aromatic heterocycles. The van der Waals surface area contributed by atoms with Crippen molar-refractivity contribution < 1.29 is 14.5 Å². The van der Waals surface area contributed by atoms with Crippen molar-refractivity contribution in [3.63, 3.8) is 0 Å². The molecule has 0 heterocycles. The van der Waals surface area contributed by atoms with Crippen LogP contribution in [0.4, 0.5) is 5.69 Å². The number of non-ortho nitro benzene ring substituents is 1. The number of halogens is 1. The van der Waals surface area contributed by atoms with Gasteiger partial charge in [-0.25, -0.2) is 0 Å². The lowest BCUT2D eigenvalue weighted by atomic mass is 9.93. The van der Waals surface area contributed by atoms with Gasteiger partial charge in [-0.2, -0.15) is 0 Å². The molecule has 22 heavy (non-hydrogen) atoms. The molecule has 1 rings (SSSR count). The summed E-state index contributed by atoms with van der Waals surface area (Å²) in [7, 11) is 3.06. The normalized spacial score (nSPS) is 10.6. The van der Waals surface area contributed by atoms with Gasteiger partial charge in [0.1, 0.15) is 5.75 Å². The molecule has 0 spiro atoms. The fourth-order valence-corrected chi connectivity index (χ4v) is 1.96. The molecule has 8 heteroatoms. The summed E-state index contributed by atoms with van der Waals surface area (Å²) in [6.45, 7) is 4.76. The van der Waals surface area contributed by atoms with Crippen LogP contribution in [-0.4, -0.2) is 43.0 Å². The Morgan fingerprint density at radius 3 is 2.50 bits per heavy atom. The highest BCUT2D eigenvalue weighted by Crippen LogP contribution is 2.26. The standard InChI is InChI=1S/C14H21N3O4.ClH/c1-14(2,8-15)9-16(3)13(18)11-7-10(17(19)20)5-6-12(11)21-4;/h5-7H,8-9,15H2,1-4H3;1H. The molecule has 124 valence electrons. The largest absolute Gasteiger partial charge is 0.496 e. The quantitative estimate of drug-likeness (QED) is 0.635. The molecule has 0 aliphatic heterocycles. The van der Waals surface area contributed by atoms with Crippen LogP contribution in [0, 0.1) is 15.5 Å². The lowest BCUT2D eigenvalue weighted by Gasteiger charge is -2.29. The summed E-state index contributed by atoms with van der Waals surface area (Å²) in [5.74, 6) is -0.0277. The van der Waals surface area contributed by atoms with Crippen molar-refractivity contribution in [1.82, 2.24) is 4.90 Å². The maximum atomic E-state index is 12.5. The van der Waals surface area contributed by atoms with Gasteiger partial charge in [0.05, 0.1) is 17.6 Å². The summed E-state index contributed by atoms with van der Waals surface area (Å²) in [6.07, 6.45) is 0. The Kier molecular flexibility index (Phi) is 7.28. The van der Waals surface area contributed by atoms with Crippen molar-refractivity contribution in [3.8, 4) is 5.75 Å². The van der Waals surface area contributed by atoms with Crippen molar-refractivity contribution >= 4 is 24.0 Å². The number of nitrogens with two attached hydrogens (primary N) is 1. The number of hydrogen-bond acceptors (Lipinski definition) is 5. The summed E-state index contributed by atoms with van der Waals surface area (Å²) < 4.78 is 5.11. The van der Waals surface area contributed by atoms with Gasteiger partial charge >= 0.3 is 0 Å². The molecule has 1 amide bonds. The van der Waals surface area contributed by atoms with E-state index in [0.29, 0.717) is 18.8 Å². The summed E-state index contributed by atoms with van der Waals surface area (Å²) in [5, 5.41) is 10.8. The van der Waals surface area contributed by atoms with E-state index in [1.807, 2.05) is 13.8 Å². The van der Waals surface area contributed by atoms with Gasteiger partial charge in [0.2, 0.25) is 0 Å². The molecule has 0 unspecified atom stereocenters. The Balaban J connectivity index is 0.00000441. The highest BCUT2D eigenvalue weighted by Gasteiger charge is 2.25. The Morgan fingerprint density at radius 2 is 2.05 bits per heavy atom. The Labute approximate surface area is 136 Å². The third-order valence-electron chi connectivity index (χ3n) is 3.19. The summed E-state index contributed by atoms with van der Waals surface area (Å²) in [6, 6.07) is 3.96. The lowest BCUT2D eigenvalue weighted by Crippen LogP contribution is -2.39. The second-order valence-electron chi connectivity index (χ2n) is 5.67. The van der Waals surface area contributed by atoms with E-state index in [9.17, 15) is 14.9 Å². The van der Waals surface area contributed by atoms with Crippen LogP contribution in [0.25, 0.3) is 0 Å². The van der Waals surface area contributed by atoms with E-state index in [4.69, 9.17) is 10.5 Å². The molecule has 1 aromatic rings. The first-order valence-corrected chi connectivity index (χ1v) is 6.50. The topological polar surface area (TPSA) is 98.7 Å². The zero-order valence-corrected chi connectivity index (χ0v) is 14.0. The highest BCUT2D eigenvalue weighted by molar-refractivity contribution is 5.97. The lowest BCUT2D eigenvalue weighted by molar-refractivity contribution is -0.384. The number of carbonyl (C=O) groups excluding carboxylic acids is 1. The minimum Gasteiger partial charge on any atom is -0.496 e. The number of methoxy groups -OCH3 is 1. The zero-order chi connectivity index (χ0) is 16.2. The number of nitro benzene ring substituents is 1. The second kappa shape index (κ2) is 7.95. The Morgan fingerprint density at radius 1 is 1.45 bits per heavy atom. The molecule has 1 aromatic carbocycles. The molecule has 0 saturated carbocycles. The molecule has 7 nitrogen and oxygen atoms in total. The number of ether oxygens (including phenoxy) is 1. The molecule has 0 saturated heterocycles. The number of rotatable bonds is 6. The van der Waals surface area contributed by atoms with Gasteiger partial charge in [0, 0.05) is 25.7 Å². The van der Waals surface area contributed by atoms with E-state index >= 15 is 0 Å². The van der Waals surface area contributed by atoms with E-state index in [1.165, 1.54) is 30.2 Å². The van der Waals surface area contributed by atoms with E-state index in [1.54, 1.807) is 7.05 Å². The van der Waals surface area contributed by atoms with Gasteiger partial charge in [0.25, 0.3) is 11.6 Å². The van der Waals surface area contributed by atoms with E-state index in [-0.39, 0.29) is 35.0 Å². The molecule has 0 bridgehead atoms. The van der Waals surface area contributed by atoms with Crippen molar-refractivity contribution in [2.45, 2.75) is 13.8 Å². The molecule has 0 aliphatic rings. The smallest absolute Gasteiger partial charge is 0.270 e. The minimum absolute atomic E-state index is 0. The third-order valence-corrected chi connectivity index (χ3v) is 3.19. The van der Waals surface area contributed by atoms with Gasteiger partial charge in [-0.15, -0.1) is 12.4 Å². The van der Waals surface area contributed by atoms with Crippen molar-refractivity contribution in [2.75, 3.05) is 27.2 Å². The fourth-order valence-electron chi connectivity index (χ4n) is 1.96. The van der Waals surface area contributed by atoms with Crippen molar-refractivity contribution in [2.24, 2.45) is 11.1 Å². The van der Waals surface area contributed by atoms with Crippen LogP contribution in [0.2, 0.25) is 0 Å². The van der Waals surface area contributed by atoms with Crippen LogP contribution < -0.4 is 10.5 Å². The molecule has 0 radical (unpaired) electrons. The minimum atomic E-state index is -0.542. The molecule has 0 atom stereocenters. The Hall–Kier alpha value is -1.86. The van der Waals surface area contributed by atoms with E-state index in [2.05, 4.69) is 0 Å². The third kappa shape index (κ3) is 4.85. The van der Waals surface area contributed by atoms with Crippen LogP contribution >= 0.6 is 12.4 Å². The van der Waals surface area contributed by atoms with E-state index < -0.39 is 4.92 Å². The van der Waals surface area contributed by atoms with Gasteiger partial charge in [0.15, 0.2) is 0 Å². The number of carbonyl (C=O) groups is 1. The fraction of sp³-hybridized carbons (Fsp3) is 0.500. The predicted octanol–water partition coefficient (Wildman–Crippen LogP) is 2.08. The summed E-state index contributed by atoms with van der Waals surface area (Å²) in [4.78, 5) is 24.3. The van der Waals surface area contributed by atoms with Crippen molar-refractivity contribution in [3.05, 3.63) is 33.9 Å². The Bertz CT molecular complexity index is 549.